The van der Waals surface area contributed by atoms with E-state index in [0.29, 0.717) is 35.7 Å². The van der Waals surface area contributed by atoms with E-state index in [0.717, 1.165) is 3.93 Å². The first-order chi connectivity index (χ1) is 18.7. The van der Waals surface area contributed by atoms with Gasteiger partial charge in [-0.3, -0.25) is 0 Å². The Hall–Kier alpha value is 0.372. The van der Waals surface area contributed by atoms with Crippen LogP contribution in [0.5, 0.6) is 0 Å². The number of ether oxygens (including phenoxy) is 1. The summed E-state index contributed by atoms with van der Waals surface area (Å²) in [6.45, 7) is 29.9. The SMILES string of the molecule is CCC[CH2][Sn]([CH2]CCC)([CH2]CCC)[CH]1C2OC(C(C)C(O[Si](C)(C)C(C)(C)C)C2C)C1[Si](C)(C)c1ccccc1. The van der Waals surface area contributed by atoms with Crippen molar-refractivity contribution in [1.29, 1.82) is 0 Å². The van der Waals surface area contributed by atoms with Gasteiger partial charge in [0.15, 0.2) is 0 Å². The average Bonchev–Trinajstić information content (AvgIpc) is 3.29. The summed E-state index contributed by atoms with van der Waals surface area (Å²) in [6.07, 6.45) is 9.40. The molecule has 2 aliphatic heterocycles. The van der Waals surface area contributed by atoms with Gasteiger partial charge in [-0.1, -0.05) is 0 Å². The fourth-order valence-corrected chi connectivity index (χ4v) is 39.3. The van der Waals surface area contributed by atoms with Crippen LogP contribution in [0, 0.1) is 11.8 Å². The maximum atomic E-state index is 7.45. The molecule has 0 spiro atoms. The fourth-order valence-electron chi connectivity index (χ4n) is 8.36. The first-order valence-electron chi connectivity index (χ1n) is 17.1. The summed E-state index contributed by atoms with van der Waals surface area (Å²) >= 11 is -2.68. The number of unbranched alkanes of at least 4 members (excludes halogenated alkanes) is 3. The molecule has 0 saturated carbocycles. The summed E-state index contributed by atoms with van der Waals surface area (Å²) in [5, 5.41) is 1.87. The normalized spacial score (nSPS) is 29.6. The van der Waals surface area contributed by atoms with E-state index in [1.54, 1.807) is 18.5 Å². The van der Waals surface area contributed by atoms with Gasteiger partial charge in [-0.15, -0.1) is 0 Å². The fraction of sp³-hybridized carbons (Fsp3) is 0.829. The van der Waals surface area contributed by atoms with Gasteiger partial charge in [0.05, 0.1) is 0 Å². The third kappa shape index (κ3) is 7.02. The summed E-state index contributed by atoms with van der Waals surface area (Å²) in [4.78, 5) is 0. The van der Waals surface area contributed by atoms with Crippen LogP contribution in [0.4, 0.5) is 0 Å². The first-order valence-corrected chi connectivity index (χ1v) is 30.8. The molecular weight excluding hydrogens is 627 g/mol. The molecule has 0 aliphatic carbocycles. The minimum absolute atomic E-state index is 0.229. The topological polar surface area (TPSA) is 18.5 Å². The second-order valence-corrected chi connectivity index (χ2v) is 39.3. The minimum atomic E-state index is -2.68. The standard InChI is InChI=1S/C23H39O2Si2.3C4H9.Sn/c1-16-19-15-20(26(6,7)18-13-11-10-12-14-18)22(24-19)17(2)21(16)25-27(8,9)23(3,4)5;3*1-3-4-2;/h10-17,19-22H,1-9H3;3*1,3-4H2,2H3;. The van der Waals surface area contributed by atoms with Crippen molar-refractivity contribution in [2.75, 3.05) is 0 Å². The van der Waals surface area contributed by atoms with Crippen molar-refractivity contribution >= 4 is 40.0 Å². The Labute approximate surface area is 256 Å². The molecule has 2 nitrogen and oxygen atoms in total. The molecule has 7 atom stereocenters. The van der Waals surface area contributed by atoms with Crippen LogP contribution in [0.25, 0.3) is 0 Å². The number of hydrogen-bond donors (Lipinski definition) is 0. The van der Waals surface area contributed by atoms with E-state index in [1.165, 1.54) is 38.5 Å². The Bertz CT molecular complexity index is 890. The zero-order valence-electron chi connectivity index (χ0n) is 28.6. The van der Waals surface area contributed by atoms with Gasteiger partial charge in [0.1, 0.15) is 0 Å². The second kappa shape index (κ2) is 14.0. The third-order valence-corrected chi connectivity index (χ3v) is 39.0. The van der Waals surface area contributed by atoms with Crippen molar-refractivity contribution < 1.29 is 9.16 Å². The molecule has 2 fully saturated rings. The maximum absolute atomic E-state index is 7.45. The van der Waals surface area contributed by atoms with Crippen molar-refractivity contribution in [2.24, 2.45) is 11.8 Å². The van der Waals surface area contributed by atoms with E-state index in [2.05, 4.69) is 112 Å². The van der Waals surface area contributed by atoms with Gasteiger partial charge in [-0.05, 0) is 0 Å². The number of hydrogen-bond acceptors (Lipinski definition) is 2. The first kappa shape index (κ1) is 34.9. The Morgan fingerprint density at radius 3 is 1.70 bits per heavy atom. The van der Waals surface area contributed by atoms with E-state index in [-0.39, 0.29) is 5.04 Å². The molecule has 2 aliphatic rings. The predicted octanol–water partition coefficient (Wildman–Crippen LogP) is 10.6. The predicted molar refractivity (Wildman–Crippen MR) is 185 cm³/mol. The Morgan fingerprint density at radius 1 is 0.775 bits per heavy atom. The molecule has 0 N–H and O–H groups in total. The van der Waals surface area contributed by atoms with Gasteiger partial charge in [-0.2, -0.15) is 0 Å². The van der Waals surface area contributed by atoms with Crippen molar-refractivity contribution in [1.82, 2.24) is 0 Å². The molecule has 40 heavy (non-hydrogen) atoms. The van der Waals surface area contributed by atoms with Crippen LogP contribution in [0.15, 0.2) is 30.3 Å². The molecule has 0 aromatic heterocycles. The van der Waals surface area contributed by atoms with Gasteiger partial charge in [-0.25, -0.2) is 0 Å². The van der Waals surface area contributed by atoms with Crippen molar-refractivity contribution in [3.05, 3.63) is 30.3 Å². The Kier molecular flexibility index (Phi) is 12.2. The van der Waals surface area contributed by atoms with Crippen LogP contribution < -0.4 is 5.19 Å². The van der Waals surface area contributed by atoms with E-state index in [9.17, 15) is 0 Å². The van der Waals surface area contributed by atoms with Crippen LogP contribution in [0.3, 0.4) is 0 Å². The van der Waals surface area contributed by atoms with Crippen LogP contribution in [0.2, 0.25) is 54.0 Å². The quantitative estimate of drug-likeness (QED) is 0.181. The van der Waals surface area contributed by atoms with Crippen molar-refractivity contribution in [2.45, 2.75) is 166 Å². The summed E-state index contributed by atoms with van der Waals surface area (Å²) < 4.78 is 20.4. The van der Waals surface area contributed by atoms with Gasteiger partial charge >= 0.3 is 258 Å². The van der Waals surface area contributed by atoms with Crippen LogP contribution >= 0.6 is 0 Å². The van der Waals surface area contributed by atoms with E-state index in [1.807, 2.05) is 0 Å². The Morgan fingerprint density at radius 2 is 1.25 bits per heavy atom. The zero-order valence-corrected chi connectivity index (χ0v) is 33.5. The summed E-state index contributed by atoms with van der Waals surface area (Å²) in [6, 6.07) is 11.7. The van der Waals surface area contributed by atoms with Crippen LogP contribution in [0.1, 0.15) is 93.9 Å². The molecule has 5 heteroatoms. The number of rotatable bonds is 14. The summed E-state index contributed by atoms with van der Waals surface area (Å²) in [5.41, 5.74) is 0.715. The molecule has 2 bridgehead atoms. The molecule has 0 radical (unpaired) electrons. The third-order valence-electron chi connectivity index (χ3n) is 11.9. The van der Waals surface area contributed by atoms with Gasteiger partial charge in [0.25, 0.3) is 0 Å². The molecule has 230 valence electrons. The monoisotopic (exact) mass is 694 g/mol. The molecule has 1 aromatic carbocycles. The van der Waals surface area contributed by atoms with Crippen LogP contribution in [-0.4, -0.2) is 53.1 Å². The Balaban J connectivity index is 2.20. The van der Waals surface area contributed by atoms with Crippen molar-refractivity contribution in [3.63, 3.8) is 0 Å². The van der Waals surface area contributed by atoms with Crippen molar-refractivity contribution in [3.8, 4) is 0 Å². The molecule has 2 saturated heterocycles. The number of benzene rings is 1. The van der Waals surface area contributed by atoms with Gasteiger partial charge in [0, 0.05) is 0 Å². The van der Waals surface area contributed by atoms with E-state index >= 15 is 0 Å². The van der Waals surface area contributed by atoms with Gasteiger partial charge < -0.3 is 0 Å². The molecular formula is C35H66O2Si2Sn. The van der Waals surface area contributed by atoms with Crippen LogP contribution in [-0.2, 0) is 9.16 Å². The summed E-state index contributed by atoms with van der Waals surface area (Å²) in [5.74, 6) is 0.940. The molecule has 3 rings (SSSR count). The van der Waals surface area contributed by atoms with Gasteiger partial charge in [0.2, 0.25) is 0 Å². The number of fused-ring (bicyclic) bond motifs is 2. The molecule has 7 unspecified atom stereocenters. The average molecular weight is 694 g/mol. The van der Waals surface area contributed by atoms with E-state index < -0.39 is 34.8 Å². The second-order valence-electron chi connectivity index (χ2n) is 15.9. The molecule has 1 aromatic rings. The molecule has 0 amide bonds. The zero-order chi connectivity index (χ0) is 29.9. The van der Waals surface area contributed by atoms with E-state index in [4.69, 9.17) is 9.16 Å². The summed E-state index contributed by atoms with van der Waals surface area (Å²) in [7, 11) is -3.73. The molecule has 2 heterocycles.